The Bertz CT molecular complexity index is 902. The molecular formula is C26H36OP2. The predicted molar refractivity (Wildman–Crippen MR) is 138 cm³/mol. The molecule has 3 rings (SSSR count). The minimum absolute atomic E-state index is 0. The summed E-state index contributed by atoms with van der Waals surface area (Å²) in [4.78, 5) is 0. The van der Waals surface area contributed by atoms with Crippen molar-refractivity contribution >= 4 is 19.8 Å². The minimum Gasteiger partial charge on any atom is -0.457 e. The zero-order valence-electron chi connectivity index (χ0n) is 18.8. The SMILES string of the molecule is CC(C)(C)c1ccc(Oc2ccc(-c3ccccc3)cc2)c(C(C)(C)C)c1.P.P. The van der Waals surface area contributed by atoms with Crippen LogP contribution in [0.5, 0.6) is 11.5 Å². The zero-order chi connectivity index (χ0) is 19.7. The molecule has 0 heterocycles. The van der Waals surface area contributed by atoms with Crippen molar-refractivity contribution in [2.75, 3.05) is 0 Å². The number of hydrogen-bond donors (Lipinski definition) is 0. The topological polar surface area (TPSA) is 9.23 Å². The highest BCUT2D eigenvalue weighted by molar-refractivity contribution is 6.92. The predicted octanol–water partition coefficient (Wildman–Crippen LogP) is 7.86. The van der Waals surface area contributed by atoms with E-state index in [1.807, 2.05) is 18.2 Å². The molecule has 0 radical (unpaired) electrons. The monoisotopic (exact) mass is 426 g/mol. The molecule has 29 heavy (non-hydrogen) atoms. The van der Waals surface area contributed by atoms with E-state index >= 15 is 0 Å². The molecule has 2 atom stereocenters. The normalized spacial score (nSPS) is 11.2. The molecule has 0 amide bonds. The minimum atomic E-state index is 0. The largest absolute Gasteiger partial charge is 0.457 e. The number of ether oxygens (including phenoxy) is 1. The summed E-state index contributed by atoms with van der Waals surface area (Å²) < 4.78 is 6.29. The van der Waals surface area contributed by atoms with Gasteiger partial charge in [-0.15, -0.1) is 0 Å². The van der Waals surface area contributed by atoms with Crippen LogP contribution in [-0.4, -0.2) is 0 Å². The van der Waals surface area contributed by atoms with Gasteiger partial charge in [0.2, 0.25) is 0 Å². The Kier molecular flexibility index (Phi) is 8.64. The van der Waals surface area contributed by atoms with Crippen molar-refractivity contribution in [3.05, 3.63) is 83.9 Å². The van der Waals surface area contributed by atoms with Crippen molar-refractivity contribution in [1.82, 2.24) is 0 Å². The Hall–Kier alpha value is -1.68. The highest BCUT2D eigenvalue weighted by atomic mass is 31.0. The summed E-state index contributed by atoms with van der Waals surface area (Å²) in [6.07, 6.45) is 0. The molecular weight excluding hydrogens is 390 g/mol. The quantitative estimate of drug-likeness (QED) is 0.387. The van der Waals surface area contributed by atoms with Gasteiger partial charge < -0.3 is 4.74 Å². The van der Waals surface area contributed by atoms with Gasteiger partial charge in [-0.2, -0.15) is 19.8 Å². The van der Waals surface area contributed by atoms with E-state index in [0.29, 0.717) is 0 Å². The molecule has 0 aliphatic heterocycles. The van der Waals surface area contributed by atoms with Gasteiger partial charge in [0.25, 0.3) is 0 Å². The highest BCUT2D eigenvalue weighted by Gasteiger charge is 2.23. The first-order chi connectivity index (χ1) is 12.6. The molecule has 0 saturated heterocycles. The van der Waals surface area contributed by atoms with Crippen molar-refractivity contribution in [2.45, 2.75) is 52.4 Å². The van der Waals surface area contributed by atoms with Crippen LogP contribution >= 0.6 is 19.8 Å². The summed E-state index contributed by atoms with van der Waals surface area (Å²) in [6.45, 7) is 13.5. The lowest BCUT2D eigenvalue weighted by Gasteiger charge is -2.27. The van der Waals surface area contributed by atoms with Crippen LogP contribution in [0.4, 0.5) is 0 Å². The highest BCUT2D eigenvalue weighted by Crippen LogP contribution is 2.37. The first-order valence-electron chi connectivity index (χ1n) is 9.63. The Balaban J connectivity index is 0.00000210. The second-order valence-corrected chi connectivity index (χ2v) is 9.20. The van der Waals surface area contributed by atoms with Gasteiger partial charge in [0, 0.05) is 5.56 Å². The second-order valence-electron chi connectivity index (χ2n) is 9.20. The third-order valence-corrected chi connectivity index (χ3v) is 4.84. The summed E-state index contributed by atoms with van der Waals surface area (Å²) in [5, 5.41) is 0. The lowest BCUT2D eigenvalue weighted by atomic mass is 9.80. The van der Waals surface area contributed by atoms with Crippen LogP contribution in [0.15, 0.2) is 72.8 Å². The summed E-state index contributed by atoms with van der Waals surface area (Å²) in [5.74, 6) is 1.80. The summed E-state index contributed by atoms with van der Waals surface area (Å²) in [5.41, 5.74) is 5.12. The average molecular weight is 427 g/mol. The van der Waals surface area contributed by atoms with Crippen LogP contribution in [0.2, 0.25) is 0 Å². The van der Waals surface area contributed by atoms with E-state index in [1.165, 1.54) is 22.3 Å². The number of rotatable bonds is 3. The lowest BCUT2D eigenvalue weighted by Crippen LogP contribution is -2.17. The molecule has 0 spiro atoms. The molecule has 0 aromatic heterocycles. The standard InChI is InChI=1S/C26H30O.2H3P/c1-25(2,3)21-14-17-24(23(18-21)26(4,5)6)27-22-15-12-20(13-16-22)19-10-8-7-9-11-19;;/h7-18H,1-6H3;2*1H3. The molecule has 0 N–H and O–H groups in total. The van der Waals surface area contributed by atoms with E-state index in [4.69, 9.17) is 4.74 Å². The second kappa shape index (κ2) is 9.88. The van der Waals surface area contributed by atoms with Gasteiger partial charge in [0.05, 0.1) is 0 Å². The van der Waals surface area contributed by atoms with Crippen LogP contribution in [0, 0.1) is 0 Å². The van der Waals surface area contributed by atoms with Gasteiger partial charge in [0.15, 0.2) is 0 Å². The third-order valence-electron chi connectivity index (χ3n) is 4.84. The molecule has 3 aromatic carbocycles. The Morgan fingerprint density at radius 3 is 1.66 bits per heavy atom. The molecule has 0 fully saturated rings. The van der Waals surface area contributed by atoms with Crippen LogP contribution < -0.4 is 4.74 Å². The summed E-state index contributed by atoms with van der Waals surface area (Å²) in [7, 11) is 0. The molecule has 3 heteroatoms. The fraction of sp³-hybridized carbons (Fsp3) is 0.308. The molecule has 2 unspecified atom stereocenters. The van der Waals surface area contributed by atoms with Crippen LogP contribution in [-0.2, 0) is 10.8 Å². The maximum atomic E-state index is 6.29. The van der Waals surface area contributed by atoms with E-state index in [0.717, 1.165) is 11.5 Å². The van der Waals surface area contributed by atoms with Crippen molar-refractivity contribution < 1.29 is 4.74 Å². The molecule has 0 bridgehead atoms. The van der Waals surface area contributed by atoms with Gasteiger partial charge in [-0.3, -0.25) is 0 Å². The first kappa shape index (κ1) is 25.4. The smallest absolute Gasteiger partial charge is 0.131 e. The Labute approximate surface area is 183 Å². The van der Waals surface area contributed by atoms with E-state index in [1.54, 1.807) is 0 Å². The van der Waals surface area contributed by atoms with Crippen LogP contribution in [0.1, 0.15) is 52.7 Å². The van der Waals surface area contributed by atoms with Crippen molar-refractivity contribution in [3.63, 3.8) is 0 Å². The van der Waals surface area contributed by atoms with Gasteiger partial charge >= 0.3 is 0 Å². The molecule has 0 aliphatic rings. The molecule has 3 aromatic rings. The number of benzene rings is 3. The third kappa shape index (κ3) is 6.40. The van der Waals surface area contributed by atoms with Gasteiger partial charge in [0.1, 0.15) is 11.5 Å². The zero-order valence-corrected chi connectivity index (χ0v) is 21.6. The maximum Gasteiger partial charge on any atom is 0.131 e. The fourth-order valence-electron chi connectivity index (χ4n) is 3.14. The van der Waals surface area contributed by atoms with Crippen molar-refractivity contribution in [2.24, 2.45) is 0 Å². The van der Waals surface area contributed by atoms with Crippen molar-refractivity contribution in [3.8, 4) is 22.6 Å². The van der Waals surface area contributed by atoms with Gasteiger partial charge in [-0.05, 0) is 45.7 Å². The fourth-order valence-corrected chi connectivity index (χ4v) is 3.14. The van der Waals surface area contributed by atoms with Crippen molar-refractivity contribution in [1.29, 1.82) is 0 Å². The van der Waals surface area contributed by atoms with E-state index in [-0.39, 0.29) is 30.6 Å². The maximum absolute atomic E-state index is 6.29. The number of hydrogen-bond acceptors (Lipinski definition) is 1. The molecule has 0 saturated carbocycles. The Morgan fingerprint density at radius 1 is 0.586 bits per heavy atom. The first-order valence-corrected chi connectivity index (χ1v) is 9.63. The van der Waals surface area contributed by atoms with E-state index < -0.39 is 0 Å². The Morgan fingerprint density at radius 2 is 1.14 bits per heavy atom. The van der Waals surface area contributed by atoms with Crippen LogP contribution in [0.25, 0.3) is 11.1 Å². The average Bonchev–Trinajstić information content (AvgIpc) is 2.61. The molecule has 1 nitrogen and oxygen atoms in total. The van der Waals surface area contributed by atoms with Gasteiger partial charge in [-0.1, -0.05) is 96.1 Å². The van der Waals surface area contributed by atoms with E-state index in [9.17, 15) is 0 Å². The molecule has 156 valence electrons. The van der Waals surface area contributed by atoms with E-state index in [2.05, 4.69) is 96.1 Å². The van der Waals surface area contributed by atoms with Crippen LogP contribution in [0.3, 0.4) is 0 Å². The summed E-state index contributed by atoms with van der Waals surface area (Å²) >= 11 is 0. The summed E-state index contributed by atoms with van der Waals surface area (Å²) in [6, 6.07) is 25.3. The lowest BCUT2D eigenvalue weighted by molar-refractivity contribution is 0.453. The van der Waals surface area contributed by atoms with Gasteiger partial charge in [-0.25, -0.2) is 0 Å². The molecule has 0 aliphatic carbocycles.